The van der Waals surface area contributed by atoms with Crippen LogP contribution in [0.4, 0.5) is 0 Å². The third-order valence-corrected chi connectivity index (χ3v) is 2.98. The highest BCUT2D eigenvalue weighted by atomic mass is 16.5. The van der Waals surface area contributed by atoms with Gasteiger partial charge in [0.15, 0.2) is 0 Å². The first kappa shape index (κ1) is 16.5. The molecule has 3 N–H and O–H groups in total. The number of hydrogen-bond donors (Lipinski definition) is 3. The second-order valence-corrected chi connectivity index (χ2v) is 4.67. The average Bonchev–Trinajstić information content (AvgIpc) is 2.43. The summed E-state index contributed by atoms with van der Waals surface area (Å²) in [6, 6.07) is 5.70. The number of rotatable bonds is 8. The first-order chi connectivity index (χ1) is 9.58. The number of nitrogens with one attached hydrogen (secondary N) is 2. The lowest BCUT2D eigenvalue weighted by Gasteiger charge is -2.16. The maximum Gasteiger partial charge on any atom is 0.221 e. The van der Waals surface area contributed by atoms with Crippen LogP contribution in [0, 0.1) is 6.92 Å². The normalized spacial score (nSPS) is 12.0. The van der Waals surface area contributed by atoms with Crippen molar-refractivity contribution >= 4 is 5.91 Å². The van der Waals surface area contributed by atoms with Crippen LogP contribution in [0.3, 0.4) is 0 Å². The molecule has 0 aliphatic carbocycles. The summed E-state index contributed by atoms with van der Waals surface area (Å²) in [7, 11) is 1.59. The van der Waals surface area contributed by atoms with Crippen molar-refractivity contribution in [1.29, 1.82) is 0 Å². The Bertz CT molecular complexity index is 435. The maximum atomic E-state index is 11.3. The highest BCUT2D eigenvalue weighted by Crippen LogP contribution is 2.25. The predicted octanol–water partition coefficient (Wildman–Crippen LogP) is 1.15. The SMILES string of the molecule is CCNC(=O)CCNCC(O)c1cc(C)ccc1OC. The Morgan fingerprint density at radius 1 is 1.45 bits per heavy atom. The Hall–Kier alpha value is -1.59. The molecule has 1 amide bonds. The maximum absolute atomic E-state index is 11.3. The van der Waals surface area contributed by atoms with Gasteiger partial charge in [0.25, 0.3) is 0 Å². The quantitative estimate of drug-likeness (QED) is 0.625. The topological polar surface area (TPSA) is 70.6 Å². The number of carbonyl (C=O) groups is 1. The standard InChI is InChI=1S/C15H24N2O3/c1-4-17-15(19)7-8-16-10-13(18)12-9-11(2)5-6-14(12)20-3/h5-6,9,13,16,18H,4,7-8,10H2,1-3H3,(H,17,19). The summed E-state index contributed by atoms with van der Waals surface area (Å²) in [6.45, 7) is 5.43. The molecule has 1 unspecified atom stereocenters. The van der Waals surface area contributed by atoms with Gasteiger partial charge in [-0.05, 0) is 26.0 Å². The lowest BCUT2D eigenvalue weighted by molar-refractivity contribution is -0.120. The zero-order chi connectivity index (χ0) is 15.0. The molecule has 0 bridgehead atoms. The van der Waals surface area contributed by atoms with Crippen LogP contribution in [0.1, 0.15) is 30.6 Å². The average molecular weight is 280 g/mol. The summed E-state index contributed by atoms with van der Waals surface area (Å²) >= 11 is 0. The summed E-state index contributed by atoms with van der Waals surface area (Å²) in [4.78, 5) is 11.3. The second-order valence-electron chi connectivity index (χ2n) is 4.67. The molecule has 0 spiro atoms. The molecule has 0 saturated heterocycles. The molecule has 5 heteroatoms. The van der Waals surface area contributed by atoms with Gasteiger partial charge in [0.2, 0.25) is 5.91 Å². The predicted molar refractivity (Wildman–Crippen MR) is 78.9 cm³/mol. The van der Waals surface area contributed by atoms with Crippen LogP contribution in [-0.4, -0.2) is 37.8 Å². The van der Waals surface area contributed by atoms with E-state index in [9.17, 15) is 9.90 Å². The minimum atomic E-state index is -0.654. The molecule has 0 aliphatic rings. The van der Waals surface area contributed by atoms with Gasteiger partial charge in [0, 0.05) is 31.6 Å². The highest BCUT2D eigenvalue weighted by Gasteiger charge is 2.13. The van der Waals surface area contributed by atoms with E-state index in [1.54, 1.807) is 7.11 Å². The lowest BCUT2D eigenvalue weighted by atomic mass is 10.1. The molecule has 0 fully saturated rings. The number of methoxy groups -OCH3 is 1. The lowest BCUT2D eigenvalue weighted by Crippen LogP contribution is -2.29. The summed E-state index contributed by atoms with van der Waals surface area (Å²) in [5.74, 6) is 0.691. The summed E-state index contributed by atoms with van der Waals surface area (Å²) in [6.07, 6.45) is -0.245. The van der Waals surface area contributed by atoms with Crippen LogP contribution >= 0.6 is 0 Å². The Morgan fingerprint density at radius 2 is 2.20 bits per heavy atom. The molecule has 112 valence electrons. The van der Waals surface area contributed by atoms with Crippen LogP contribution in [0.25, 0.3) is 0 Å². The molecular weight excluding hydrogens is 256 g/mol. The third kappa shape index (κ3) is 5.19. The first-order valence-corrected chi connectivity index (χ1v) is 6.88. The van der Waals surface area contributed by atoms with E-state index < -0.39 is 6.10 Å². The van der Waals surface area contributed by atoms with E-state index >= 15 is 0 Å². The molecule has 1 aromatic carbocycles. The van der Waals surface area contributed by atoms with Crippen molar-refractivity contribution < 1.29 is 14.6 Å². The molecule has 0 saturated carbocycles. The minimum Gasteiger partial charge on any atom is -0.496 e. The number of ether oxygens (including phenoxy) is 1. The van der Waals surface area contributed by atoms with Crippen LogP contribution in [0.15, 0.2) is 18.2 Å². The van der Waals surface area contributed by atoms with Gasteiger partial charge in [-0.2, -0.15) is 0 Å². The van der Waals surface area contributed by atoms with Crippen molar-refractivity contribution in [1.82, 2.24) is 10.6 Å². The fourth-order valence-corrected chi connectivity index (χ4v) is 1.95. The van der Waals surface area contributed by atoms with Crippen molar-refractivity contribution in [3.8, 4) is 5.75 Å². The van der Waals surface area contributed by atoms with Gasteiger partial charge in [0.1, 0.15) is 5.75 Å². The molecule has 20 heavy (non-hydrogen) atoms. The molecule has 1 atom stereocenters. The molecule has 0 heterocycles. The molecule has 5 nitrogen and oxygen atoms in total. The van der Waals surface area contributed by atoms with Crippen LogP contribution < -0.4 is 15.4 Å². The smallest absolute Gasteiger partial charge is 0.221 e. The van der Waals surface area contributed by atoms with Crippen molar-refractivity contribution in [3.63, 3.8) is 0 Å². The van der Waals surface area contributed by atoms with Gasteiger partial charge < -0.3 is 20.5 Å². The Morgan fingerprint density at radius 3 is 2.85 bits per heavy atom. The fourth-order valence-electron chi connectivity index (χ4n) is 1.95. The van der Waals surface area contributed by atoms with Gasteiger partial charge in [0.05, 0.1) is 13.2 Å². The van der Waals surface area contributed by atoms with Crippen molar-refractivity contribution in [2.75, 3.05) is 26.7 Å². The van der Waals surface area contributed by atoms with Crippen molar-refractivity contribution in [3.05, 3.63) is 29.3 Å². The number of carbonyl (C=O) groups excluding carboxylic acids is 1. The fraction of sp³-hybridized carbons (Fsp3) is 0.533. The van der Waals surface area contributed by atoms with E-state index in [-0.39, 0.29) is 5.91 Å². The van der Waals surface area contributed by atoms with Crippen LogP contribution in [0.5, 0.6) is 5.75 Å². The molecule has 0 aliphatic heterocycles. The van der Waals surface area contributed by atoms with E-state index in [4.69, 9.17) is 4.74 Å². The van der Waals surface area contributed by atoms with E-state index in [0.29, 0.717) is 31.8 Å². The van der Waals surface area contributed by atoms with Gasteiger partial charge >= 0.3 is 0 Å². The number of benzene rings is 1. The van der Waals surface area contributed by atoms with E-state index in [0.717, 1.165) is 11.1 Å². The molecule has 0 radical (unpaired) electrons. The van der Waals surface area contributed by atoms with Crippen molar-refractivity contribution in [2.45, 2.75) is 26.4 Å². The van der Waals surface area contributed by atoms with E-state index in [1.165, 1.54) is 0 Å². The van der Waals surface area contributed by atoms with Crippen LogP contribution in [0.2, 0.25) is 0 Å². The Labute approximate surface area is 120 Å². The molecule has 0 aromatic heterocycles. The number of aryl methyl sites for hydroxylation is 1. The Balaban J connectivity index is 2.45. The number of hydrogen-bond acceptors (Lipinski definition) is 4. The van der Waals surface area contributed by atoms with Gasteiger partial charge in [-0.1, -0.05) is 11.6 Å². The zero-order valence-corrected chi connectivity index (χ0v) is 12.4. The third-order valence-electron chi connectivity index (χ3n) is 2.98. The Kier molecular flexibility index (Phi) is 7.04. The number of amides is 1. The molecule has 1 rings (SSSR count). The van der Waals surface area contributed by atoms with Crippen molar-refractivity contribution in [2.24, 2.45) is 0 Å². The monoisotopic (exact) mass is 280 g/mol. The molecule has 1 aromatic rings. The van der Waals surface area contributed by atoms with Gasteiger partial charge in [-0.25, -0.2) is 0 Å². The zero-order valence-electron chi connectivity index (χ0n) is 12.4. The first-order valence-electron chi connectivity index (χ1n) is 6.88. The van der Waals surface area contributed by atoms with Gasteiger partial charge in [-0.15, -0.1) is 0 Å². The summed E-state index contributed by atoms with van der Waals surface area (Å²) in [5, 5.41) is 16.0. The highest BCUT2D eigenvalue weighted by molar-refractivity contribution is 5.75. The second kappa shape index (κ2) is 8.55. The van der Waals surface area contributed by atoms with Gasteiger partial charge in [-0.3, -0.25) is 4.79 Å². The largest absolute Gasteiger partial charge is 0.496 e. The van der Waals surface area contributed by atoms with Crippen LogP contribution in [-0.2, 0) is 4.79 Å². The van der Waals surface area contributed by atoms with E-state index in [2.05, 4.69) is 10.6 Å². The summed E-state index contributed by atoms with van der Waals surface area (Å²) < 4.78 is 5.25. The number of aliphatic hydroxyl groups excluding tert-OH is 1. The molecular formula is C15H24N2O3. The number of aliphatic hydroxyl groups is 1. The summed E-state index contributed by atoms with van der Waals surface area (Å²) in [5.41, 5.74) is 1.83. The minimum absolute atomic E-state index is 0.0163. The van der Waals surface area contributed by atoms with E-state index in [1.807, 2.05) is 32.0 Å².